The third kappa shape index (κ3) is 1.45. The number of imidazole rings is 1. The third-order valence-corrected chi connectivity index (χ3v) is 2.22. The molecule has 2 rings (SSSR count). The third-order valence-electron chi connectivity index (χ3n) is 2.22. The van der Waals surface area contributed by atoms with Gasteiger partial charge in [0.2, 0.25) is 0 Å². The molecule has 0 fully saturated rings. The van der Waals surface area contributed by atoms with Crippen LogP contribution in [0.5, 0.6) is 0 Å². The monoisotopic (exact) mass is 189 g/mol. The normalized spacial score (nSPS) is 12.2. The number of benzene rings is 1. The first kappa shape index (κ1) is 9.06. The molecular weight excluding hydrogens is 174 g/mol. The molecule has 0 spiro atoms. The van der Waals surface area contributed by atoms with Gasteiger partial charge < -0.3 is 10.7 Å². The van der Waals surface area contributed by atoms with Crippen LogP contribution in [0.1, 0.15) is 26.6 Å². The van der Waals surface area contributed by atoms with Crippen molar-refractivity contribution in [2.24, 2.45) is 0 Å². The summed E-state index contributed by atoms with van der Waals surface area (Å²) in [5.74, 6) is 0.998. The average molecular weight is 189 g/mol. The van der Waals surface area contributed by atoms with Gasteiger partial charge >= 0.3 is 0 Å². The number of fused-ring (bicyclic) bond motifs is 1. The standard InChI is InChI=1S/C11H15N3/c1-11(2,3)10-13-8-5-4-7(12)6-9(8)14-10/h4-6H,12H2,1-3H3,(H,13,14). The van der Waals surface area contributed by atoms with Crippen molar-refractivity contribution in [3.63, 3.8) is 0 Å². The number of H-pyrrole nitrogens is 1. The zero-order valence-electron chi connectivity index (χ0n) is 8.76. The summed E-state index contributed by atoms with van der Waals surface area (Å²) in [5.41, 5.74) is 8.49. The molecule has 0 aliphatic carbocycles. The van der Waals surface area contributed by atoms with Crippen LogP contribution in [0.25, 0.3) is 11.0 Å². The summed E-state index contributed by atoms with van der Waals surface area (Å²) < 4.78 is 0. The summed E-state index contributed by atoms with van der Waals surface area (Å²) in [4.78, 5) is 7.80. The Labute approximate surface area is 83.3 Å². The van der Waals surface area contributed by atoms with Crippen LogP contribution in [-0.2, 0) is 5.41 Å². The van der Waals surface area contributed by atoms with Gasteiger partial charge in [-0.25, -0.2) is 4.98 Å². The first-order chi connectivity index (χ1) is 6.47. The highest BCUT2D eigenvalue weighted by molar-refractivity contribution is 5.78. The Morgan fingerprint density at radius 1 is 1.29 bits per heavy atom. The van der Waals surface area contributed by atoms with E-state index in [0.29, 0.717) is 0 Å². The van der Waals surface area contributed by atoms with Gasteiger partial charge in [0.15, 0.2) is 0 Å². The number of hydrogen-bond donors (Lipinski definition) is 2. The molecule has 74 valence electrons. The molecule has 3 heteroatoms. The molecule has 0 unspecified atom stereocenters. The van der Waals surface area contributed by atoms with Crippen LogP contribution in [-0.4, -0.2) is 9.97 Å². The van der Waals surface area contributed by atoms with Crippen LogP contribution in [0.2, 0.25) is 0 Å². The number of nitrogens with zero attached hydrogens (tertiary/aromatic N) is 1. The van der Waals surface area contributed by atoms with Crippen molar-refractivity contribution in [3.8, 4) is 0 Å². The highest BCUT2D eigenvalue weighted by Gasteiger charge is 2.17. The SMILES string of the molecule is CC(C)(C)c1nc2ccc(N)cc2[nH]1. The molecule has 2 aromatic rings. The fraction of sp³-hybridized carbons (Fsp3) is 0.364. The summed E-state index contributed by atoms with van der Waals surface area (Å²) in [5, 5.41) is 0. The minimum atomic E-state index is 0.0494. The van der Waals surface area contributed by atoms with Gasteiger partial charge in [0, 0.05) is 11.1 Å². The molecule has 0 amide bonds. The van der Waals surface area contributed by atoms with E-state index in [1.807, 2.05) is 18.2 Å². The summed E-state index contributed by atoms with van der Waals surface area (Å²) >= 11 is 0. The number of anilines is 1. The predicted molar refractivity (Wildman–Crippen MR) is 59.2 cm³/mol. The number of nitrogens with one attached hydrogen (secondary N) is 1. The lowest BCUT2D eigenvalue weighted by molar-refractivity contribution is 0.554. The highest BCUT2D eigenvalue weighted by atomic mass is 14.9. The van der Waals surface area contributed by atoms with Gasteiger partial charge in [0.1, 0.15) is 5.82 Å². The van der Waals surface area contributed by atoms with Crippen molar-refractivity contribution in [3.05, 3.63) is 24.0 Å². The number of aromatic amines is 1. The van der Waals surface area contributed by atoms with E-state index in [-0.39, 0.29) is 5.41 Å². The Morgan fingerprint density at radius 2 is 2.00 bits per heavy atom. The fourth-order valence-corrected chi connectivity index (χ4v) is 1.38. The maximum atomic E-state index is 5.69. The van der Waals surface area contributed by atoms with Crippen LogP contribution < -0.4 is 5.73 Å². The van der Waals surface area contributed by atoms with E-state index in [4.69, 9.17) is 5.73 Å². The summed E-state index contributed by atoms with van der Waals surface area (Å²) in [6.07, 6.45) is 0. The van der Waals surface area contributed by atoms with E-state index in [9.17, 15) is 0 Å². The Hall–Kier alpha value is -1.51. The van der Waals surface area contributed by atoms with Crippen molar-refractivity contribution in [2.75, 3.05) is 5.73 Å². The average Bonchev–Trinajstić information content (AvgIpc) is 2.45. The lowest BCUT2D eigenvalue weighted by Gasteiger charge is -2.13. The number of nitrogen functional groups attached to an aromatic ring is 1. The Kier molecular flexibility index (Phi) is 1.77. The van der Waals surface area contributed by atoms with Crippen molar-refractivity contribution in [1.29, 1.82) is 0 Å². The van der Waals surface area contributed by atoms with Gasteiger partial charge in [-0.15, -0.1) is 0 Å². The molecule has 3 nitrogen and oxygen atoms in total. The number of aromatic nitrogens is 2. The van der Waals surface area contributed by atoms with E-state index >= 15 is 0 Å². The van der Waals surface area contributed by atoms with Gasteiger partial charge in [-0.3, -0.25) is 0 Å². The number of nitrogens with two attached hydrogens (primary N) is 1. The lowest BCUT2D eigenvalue weighted by atomic mass is 9.96. The topological polar surface area (TPSA) is 54.7 Å². The second kappa shape index (κ2) is 2.74. The molecule has 0 aliphatic rings. The molecule has 14 heavy (non-hydrogen) atoms. The van der Waals surface area contributed by atoms with Crippen LogP contribution >= 0.6 is 0 Å². The minimum absolute atomic E-state index is 0.0494. The van der Waals surface area contributed by atoms with Crippen LogP contribution in [0.4, 0.5) is 5.69 Å². The van der Waals surface area contributed by atoms with E-state index in [1.165, 1.54) is 0 Å². The van der Waals surface area contributed by atoms with Crippen molar-refractivity contribution < 1.29 is 0 Å². The van der Waals surface area contributed by atoms with Gasteiger partial charge in [0.05, 0.1) is 11.0 Å². The molecule has 3 N–H and O–H groups in total. The van der Waals surface area contributed by atoms with E-state index in [1.54, 1.807) is 0 Å². The van der Waals surface area contributed by atoms with E-state index in [0.717, 1.165) is 22.5 Å². The lowest BCUT2D eigenvalue weighted by Crippen LogP contribution is -2.12. The number of rotatable bonds is 0. The Bertz CT molecular complexity index is 463. The fourth-order valence-electron chi connectivity index (χ4n) is 1.38. The molecule has 1 aromatic carbocycles. The highest BCUT2D eigenvalue weighted by Crippen LogP contribution is 2.23. The van der Waals surface area contributed by atoms with Crippen LogP contribution in [0, 0.1) is 0 Å². The smallest absolute Gasteiger partial charge is 0.112 e. The largest absolute Gasteiger partial charge is 0.399 e. The van der Waals surface area contributed by atoms with Crippen LogP contribution in [0.3, 0.4) is 0 Å². The molecule has 1 aromatic heterocycles. The second-order valence-corrected chi connectivity index (χ2v) is 4.61. The summed E-state index contributed by atoms with van der Waals surface area (Å²) in [6, 6.07) is 5.73. The molecule has 0 bridgehead atoms. The van der Waals surface area contributed by atoms with Crippen molar-refractivity contribution in [1.82, 2.24) is 9.97 Å². The summed E-state index contributed by atoms with van der Waals surface area (Å²) in [7, 11) is 0. The van der Waals surface area contributed by atoms with Crippen molar-refractivity contribution >= 4 is 16.7 Å². The quantitative estimate of drug-likeness (QED) is 0.625. The molecule has 0 aliphatic heterocycles. The Morgan fingerprint density at radius 3 is 2.64 bits per heavy atom. The van der Waals surface area contributed by atoms with E-state index < -0.39 is 0 Å². The Balaban J connectivity index is 2.63. The zero-order chi connectivity index (χ0) is 10.3. The first-order valence-electron chi connectivity index (χ1n) is 4.72. The number of hydrogen-bond acceptors (Lipinski definition) is 2. The minimum Gasteiger partial charge on any atom is -0.399 e. The first-order valence-corrected chi connectivity index (χ1v) is 4.72. The maximum absolute atomic E-state index is 5.69. The summed E-state index contributed by atoms with van der Waals surface area (Å²) in [6.45, 7) is 6.40. The van der Waals surface area contributed by atoms with Crippen molar-refractivity contribution in [2.45, 2.75) is 26.2 Å². The van der Waals surface area contributed by atoms with E-state index in [2.05, 4.69) is 30.7 Å². The van der Waals surface area contributed by atoms with Gasteiger partial charge in [-0.2, -0.15) is 0 Å². The zero-order valence-corrected chi connectivity index (χ0v) is 8.76. The molecule has 0 atom stereocenters. The predicted octanol–water partition coefficient (Wildman–Crippen LogP) is 2.44. The maximum Gasteiger partial charge on any atom is 0.112 e. The van der Waals surface area contributed by atoms with Gasteiger partial charge in [0.25, 0.3) is 0 Å². The second-order valence-electron chi connectivity index (χ2n) is 4.61. The van der Waals surface area contributed by atoms with Gasteiger partial charge in [-0.1, -0.05) is 20.8 Å². The molecule has 0 saturated heterocycles. The molecule has 1 heterocycles. The molecule has 0 saturated carbocycles. The molecular formula is C11H15N3. The molecule has 0 radical (unpaired) electrons. The van der Waals surface area contributed by atoms with Crippen LogP contribution in [0.15, 0.2) is 18.2 Å². The van der Waals surface area contributed by atoms with Gasteiger partial charge in [-0.05, 0) is 18.2 Å².